The van der Waals surface area contributed by atoms with Gasteiger partial charge in [-0.25, -0.2) is 8.42 Å². The molecule has 2 heterocycles. The van der Waals surface area contributed by atoms with Crippen molar-refractivity contribution in [3.05, 3.63) is 65.2 Å². The van der Waals surface area contributed by atoms with Crippen molar-refractivity contribution in [2.45, 2.75) is 56.6 Å². The maximum Gasteiger partial charge on any atom is 0.263 e. The van der Waals surface area contributed by atoms with Crippen LogP contribution in [0.4, 0.5) is 0 Å². The van der Waals surface area contributed by atoms with Crippen LogP contribution >= 0.6 is 0 Å². The van der Waals surface area contributed by atoms with Crippen LogP contribution < -0.4 is 10.0 Å². The number of carbonyl (C=O) groups is 1. The van der Waals surface area contributed by atoms with Crippen molar-refractivity contribution in [2.24, 2.45) is 4.99 Å². The van der Waals surface area contributed by atoms with Gasteiger partial charge in [-0.15, -0.1) is 0 Å². The molecule has 2 aliphatic rings. The van der Waals surface area contributed by atoms with Crippen LogP contribution in [-0.2, 0) is 27.9 Å². The fraction of sp³-hybridized carbons (Fsp3) is 0.417. The van der Waals surface area contributed by atoms with Crippen LogP contribution in [0.1, 0.15) is 49.3 Å². The zero-order valence-electron chi connectivity index (χ0n) is 18.4. The Morgan fingerprint density at radius 1 is 1.03 bits per heavy atom. The molecule has 0 unspecified atom stereocenters. The van der Waals surface area contributed by atoms with Crippen molar-refractivity contribution >= 4 is 21.8 Å². The Labute approximate surface area is 190 Å². The summed E-state index contributed by atoms with van der Waals surface area (Å²) in [6, 6.07) is 14.2. The van der Waals surface area contributed by atoms with Crippen molar-refractivity contribution in [3.8, 4) is 0 Å². The molecule has 1 amide bonds. The monoisotopic (exact) mass is 454 g/mol. The summed E-state index contributed by atoms with van der Waals surface area (Å²) in [5.41, 5.74) is 2.80. The quantitative estimate of drug-likeness (QED) is 0.702. The molecule has 0 aliphatic carbocycles. The van der Waals surface area contributed by atoms with Crippen LogP contribution in [-0.4, -0.2) is 44.2 Å². The molecule has 0 bridgehead atoms. The SMILES string of the molecule is C[C@H](N=C1NS(=O)(=O)c2ccccc21)C(=O)NCc1ccc(CN2CCCCCC2)cc1. The fourth-order valence-corrected chi connectivity index (χ4v) is 5.37. The Bertz CT molecular complexity index is 1090. The number of amidine groups is 1. The number of aliphatic imine (C=N–C) groups is 1. The minimum Gasteiger partial charge on any atom is -0.350 e. The number of hydrogen-bond acceptors (Lipinski definition) is 5. The second-order valence-electron chi connectivity index (χ2n) is 8.48. The first-order chi connectivity index (χ1) is 15.4. The molecule has 170 valence electrons. The van der Waals surface area contributed by atoms with E-state index in [0.29, 0.717) is 12.1 Å². The van der Waals surface area contributed by atoms with Crippen LogP contribution in [0.5, 0.6) is 0 Å². The minimum absolute atomic E-state index is 0.187. The van der Waals surface area contributed by atoms with E-state index in [1.807, 2.05) is 12.1 Å². The number of nitrogens with one attached hydrogen (secondary N) is 2. The summed E-state index contributed by atoms with van der Waals surface area (Å²) in [5, 5.41) is 2.89. The van der Waals surface area contributed by atoms with E-state index < -0.39 is 16.1 Å². The van der Waals surface area contributed by atoms with Crippen LogP contribution in [0.15, 0.2) is 58.4 Å². The molecule has 7 nitrogen and oxygen atoms in total. The highest BCUT2D eigenvalue weighted by Gasteiger charge is 2.31. The van der Waals surface area contributed by atoms with E-state index in [9.17, 15) is 13.2 Å². The number of hydrogen-bond donors (Lipinski definition) is 2. The first-order valence-electron chi connectivity index (χ1n) is 11.2. The smallest absolute Gasteiger partial charge is 0.263 e. The molecular weight excluding hydrogens is 424 g/mol. The van der Waals surface area contributed by atoms with Crippen molar-refractivity contribution in [1.29, 1.82) is 0 Å². The molecule has 0 spiro atoms. The molecule has 0 saturated carbocycles. The van der Waals surface area contributed by atoms with E-state index in [1.165, 1.54) is 50.4 Å². The maximum atomic E-state index is 12.5. The predicted molar refractivity (Wildman–Crippen MR) is 125 cm³/mol. The van der Waals surface area contributed by atoms with Crippen molar-refractivity contribution in [1.82, 2.24) is 14.9 Å². The lowest BCUT2D eigenvalue weighted by Crippen LogP contribution is -2.33. The molecule has 4 rings (SSSR count). The van der Waals surface area contributed by atoms with Gasteiger partial charge in [0.15, 0.2) is 0 Å². The summed E-state index contributed by atoms with van der Waals surface area (Å²) < 4.78 is 26.8. The van der Waals surface area contributed by atoms with Crippen LogP contribution in [0.25, 0.3) is 0 Å². The van der Waals surface area contributed by atoms with E-state index in [0.717, 1.165) is 12.1 Å². The zero-order valence-corrected chi connectivity index (χ0v) is 19.2. The Kier molecular flexibility index (Phi) is 6.91. The fourth-order valence-electron chi connectivity index (χ4n) is 4.13. The number of likely N-dealkylation sites (tertiary alicyclic amines) is 1. The second-order valence-corrected chi connectivity index (χ2v) is 10.1. The third-order valence-corrected chi connectivity index (χ3v) is 7.36. The highest BCUT2D eigenvalue weighted by molar-refractivity contribution is 7.90. The van der Waals surface area contributed by atoms with Gasteiger partial charge in [0.25, 0.3) is 10.0 Å². The van der Waals surface area contributed by atoms with E-state index in [2.05, 4.69) is 32.1 Å². The van der Waals surface area contributed by atoms with Gasteiger partial charge in [0.2, 0.25) is 5.91 Å². The first kappa shape index (κ1) is 22.5. The predicted octanol–water partition coefficient (Wildman–Crippen LogP) is 2.81. The Morgan fingerprint density at radius 2 is 1.69 bits per heavy atom. The average molecular weight is 455 g/mol. The number of nitrogens with zero attached hydrogens (tertiary/aromatic N) is 2. The summed E-state index contributed by atoms with van der Waals surface area (Å²) in [6.07, 6.45) is 5.22. The van der Waals surface area contributed by atoms with Crippen molar-refractivity contribution < 1.29 is 13.2 Å². The number of fused-ring (bicyclic) bond motifs is 1. The average Bonchev–Trinajstić information content (AvgIpc) is 2.93. The van der Waals surface area contributed by atoms with E-state index in [1.54, 1.807) is 25.1 Å². The molecule has 32 heavy (non-hydrogen) atoms. The van der Waals surface area contributed by atoms with Crippen molar-refractivity contribution in [2.75, 3.05) is 13.1 Å². The van der Waals surface area contributed by atoms with Crippen LogP contribution in [0.2, 0.25) is 0 Å². The van der Waals surface area contributed by atoms with Gasteiger partial charge in [-0.3, -0.25) is 19.4 Å². The summed E-state index contributed by atoms with van der Waals surface area (Å²) in [5.74, 6) is -0.0455. The van der Waals surface area contributed by atoms with E-state index in [4.69, 9.17) is 0 Å². The largest absolute Gasteiger partial charge is 0.350 e. The molecule has 0 aromatic heterocycles. The summed E-state index contributed by atoms with van der Waals surface area (Å²) >= 11 is 0. The third kappa shape index (κ3) is 5.37. The summed E-state index contributed by atoms with van der Waals surface area (Å²) in [6.45, 7) is 5.36. The topological polar surface area (TPSA) is 90.9 Å². The molecule has 0 radical (unpaired) electrons. The van der Waals surface area contributed by atoms with Gasteiger partial charge >= 0.3 is 0 Å². The highest BCUT2D eigenvalue weighted by Crippen LogP contribution is 2.22. The minimum atomic E-state index is -3.61. The number of benzene rings is 2. The highest BCUT2D eigenvalue weighted by atomic mass is 32.2. The molecule has 2 aromatic carbocycles. The Morgan fingerprint density at radius 3 is 2.41 bits per heavy atom. The normalized spacial score (nSPS) is 20.2. The van der Waals surface area contributed by atoms with Gasteiger partial charge < -0.3 is 5.32 Å². The van der Waals surface area contributed by atoms with Gasteiger partial charge in [-0.1, -0.05) is 49.2 Å². The first-order valence-corrected chi connectivity index (χ1v) is 12.7. The molecule has 1 fully saturated rings. The number of sulfonamides is 1. The number of amides is 1. The Balaban J connectivity index is 1.32. The van der Waals surface area contributed by atoms with Gasteiger partial charge in [0, 0.05) is 18.7 Å². The molecule has 2 N–H and O–H groups in total. The molecule has 2 aromatic rings. The molecule has 2 aliphatic heterocycles. The molecule has 8 heteroatoms. The third-order valence-electron chi connectivity index (χ3n) is 5.96. The lowest BCUT2D eigenvalue weighted by atomic mass is 10.1. The van der Waals surface area contributed by atoms with Gasteiger partial charge in [-0.2, -0.15) is 0 Å². The van der Waals surface area contributed by atoms with Gasteiger partial charge in [0.05, 0.1) is 4.90 Å². The van der Waals surface area contributed by atoms with Crippen LogP contribution in [0, 0.1) is 0 Å². The Hall–Kier alpha value is -2.71. The van der Waals surface area contributed by atoms with E-state index >= 15 is 0 Å². The lowest BCUT2D eigenvalue weighted by Gasteiger charge is -2.19. The standard InChI is InChI=1S/C24H30N4O3S/c1-18(26-23-21-8-4-5-9-22(21)32(30,31)27-23)24(29)25-16-19-10-12-20(13-11-19)17-28-14-6-2-3-7-15-28/h4-5,8-13,18H,2-3,6-7,14-17H2,1H3,(H,25,29)(H,26,27)/t18-/m0/s1. The molecule has 1 atom stereocenters. The van der Waals surface area contributed by atoms with E-state index in [-0.39, 0.29) is 16.6 Å². The molecular formula is C24H30N4O3S. The lowest BCUT2D eigenvalue weighted by molar-refractivity contribution is -0.122. The molecule has 1 saturated heterocycles. The van der Waals surface area contributed by atoms with Crippen LogP contribution in [0.3, 0.4) is 0 Å². The summed E-state index contributed by atoms with van der Waals surface area (Å²) in [7, 11) is -3.61. The number of rotatable bonds is 6. The maximum absolute atomic E-state index is 12.5. The van der Waals surface area contributed by atoms with Gasteiger partial charge in [-0.05, 0) is 56.1 Å². The van der Waals surface area contributed by atoms with Crippen molar-refractivity contribution in [3.63, 3.8) is 0 Å². The second kappa shape index (κ2) is 9.83. The number of carbonyl (C=O) groups excluding carboxylic acids is 1. The van der Waals surface area contributed by atoms with Gasteiger partial charge in [0.1, 0.15) is 11.9 Å². The summed E-state index contributed by atoms with van der Waals surface area (Å²) in [4.78, 5) is 19.6. The zero-order chi connectivity index (χ0) is 22.6.